The first kappa shape index (κ1) is 13.1. The Labute approximate surface area is 97.5 Å². The average molecular weight is 262 g/mol. The molecule has 1 aromatic heterocycles. The molecule has 1 unspecified atom stereocenters. The highest BCUT2D eigenvalue weighted by Crippen LogP contribution is 2.12. The number of aromatic nitrogens is 1. The first-order valence-electron chi connectivity index (χ1n) is 4.75. The molecule has 5 nitrogen and oxygen atoms in total. The number of hydrogen-bond donors (Lipinski definition) is 1. The van der Waals surface area contributed by atoms with E-state index in [4.69, 9.17) is 5.73 Å². The number of nitrogens with two attached hydrogens (primary N) is 1. The van der Waals surface area contributed by atoms with E-state index in [2.05, 4.69) is 4.98 Å². The lowest BCUT2D eigenvalue weighted by Crippen LogP contribution is -2.16. The van der Waals surface area contributed by atoms with Crippen molar-refractivity contribution in [3.8, 4) is 0 Å². The Kier molecular flexibility index (Phi) is 4.43. The Morgan fingerprint density at radius 2 is 2.19 bits per heavy atom. The predicted octanol–water partition coefficient (Wildman–Crippen LogP) is 0.206. The molecule has 16 heavy (non-hydrogen) atoms. The zero-order chi connectivity index (χ0) is 12.2. The summed E-state index contributed by atoms with van der Waals surface area (Å²) >= 11 is 0. The first-order chi connectivity index (χ1) is 7.46. The molecule has 1 heterocycles. The maximum Gasteiger partial charge on any atom is 0.150 e. The van der Waals surface area contributed by atoms with Gasteiger partial charge in [-0.2, -0.15) is 0 Å². The number of rotatable bonds is 5. The summed E-state index contributed by atoms with van der Waals surface area (Å²) in [5.74, 6) is -0.00852. The van der Waals surface area contributed by atoms with Gasteiger partial charge in [0.1, 0.15) is 5.03 Å². The van der Waals surface area contributed by atoms with E-state index in [9.17, 15) is 12.6 Å². The number of hydrogen-bond acceptors (Lipinski definition) is 5. The SMILES string of the molecule is CCS(=O)(=O)CCS(=O)c1ncccc1N. The van der Waals surface area contributed by atoms with Gasteiger partial charge in [0.05, 0.1) is 22.2 Å². The maximum absolute atomic E-state index is 11.7. The van der Waals surface area contributed by atoms with Crippen LogP contribution in [0.5, 0.6) is 0 Å². The van der Waals surface area contributed by atoms with Crippen molar-refractivity contribution in [3.05, 3.63) is 18.3 Å². The van der Waals surface area contributed by atoms with Gasteiger partial charge >= 0.3 is 0 Å². The molecule has 0 aliphatic rings. The standard InChI is InChI=1S/C9H14N2O3S2/c1-2-16(13,14)7-6-15(12)9-8(10)4-3-5-11-9/h3-5H,2,6-7,10H2,1H3. The molecule has 2 N–H and O–H groups in total. The van der Waals surface area contributed by atoms with Crippen LogP contribution < -0.4 is 5.73 Å². The van der Waals surface area contributed by atoms with E-state index in [0.29, 0.717) is 5.69 Å². The van der Waals surface area contributed by atoms with Crippen molar-refractivity contribution in [2.24, 2.45) is 0 Å². The summed E-state index contributed by atoms with van der Waals surface area (Å²) in [7, 11) is -4.56. The van der Waals surface area contributed by atoms with Gasteiger partial charge < -0.3 is 5.73 Å². The quantitative estimate of drug-likeness (QED) is 0.819. The number of nitrogens with zero attached hydrogens (tertiary/aromatic N) is 1. The Hall–Kier alpha value is -0.950. The van der Waals surface area contributed by atoms with Crippen LogP contribution in [0.2, 0.25) is 0 Å². The molecule has 0 bridgehead atoms. The molecule has 0 aliphatic carbocycles. The molecule has 0 saturated carbocycles. The number of anilines is 1. The third-order valence-corrected chi connectivity index (χ3v) is 5.35. The van der Waals surface area contributed by atoms with Crippen LogP contribution in [0, 0.1) is 0 Å². The van der Waals surface area contributed by atoms with Crippen LogP contribution in [-0.4, -0.2) is 34.9 Å². The molecule has 0 fully saturated rings. The van der Waals surface area contributed by atoms with Crippen molar-refractivity contribution in [1.82, 2.24) is 4.98 Å². The highest BCUT2D eigenvalue weighted by molar-refractivity contribution is 7.93. The highest BCUT2D eigenvalue weighted by Gasteiger charge is 2.14. The summed E-state index contributed by atoms with van der Waals surface area (Å²) in [5, 5.41) is 0.258. The lowest BCUT2D eigenvalue weighted by Gasteiger charge is -2.04. The molecule has 0 spiro atoms. The summed E-state index contributed by atoms with van der Waals surface area (Å²) in [6.45, 7) is 1.56. The van der Waals surface area contributed by atoms with Gasteiger partial charge in [-0.05, 0) is 12.1 Å². The molecule has 0 saturated heterocycles. The van der Waals surface area contributed by atoms with Crippen molar-refractivity contribution in [2.75, 3.05) is 23.0 Å². The van der Waals surface area contributed by atoms with E-state index in [1.54, 1.807) is 19.1 Å². The second-order valence-corrected chi connectivity index (χ2v) is 7.14. The summed E-state index contributed by atoms with van der Waals surface area (Å²) in [5.41, 5.74) is 5.92. The molecule has 1 aromatic rings. The Balaban J connectivity index is 2.71. The van der Waals surface area contributed by atoms with E-state index < -0.39 is 20.6 Å². The van der Waals surface area contributed by atoms with Crippen molar-refractivity contribution < 1.29 is 12.6 Å². The Morgan fingerprint density at radius 3 is 2.75 bits per heavy atom. The van der Waals surface area contributed by atoms with Crippen molar-refractivity contribution >= 4 is 26.3 Å². The van der Waals surface area contributed by atoms with Gasteiger partial charge in [0.2, 0.25) is 0 Å². The van der Waals surface area contributed by atoms with E-state index in [0.717, 1.165) is 0 Å². The number of nitrogen functional groups attached to an aromatic ring is 1. The van der Waals surface area contributed by atoms with Crippen LogP contribution in [0.4, 0.5) is 5.69 Å². The highest BCUT2D eigenvalue weighted by atomic mass is 32.2. The molecule has 0 aromatic carbocycles. The summed E-state index contributed by atoms with van der Waals surface area (Å²) in [6, 6.07) is 3.23. The molecule has 1 rings (SSSR count). The average Bonchev–Trinajstić information content (AvgIpc) is 2.27. The zero-order valence-corrected chi connectivity index (χ0v) is 10.6. The van der Waals surface area contributed by atoms with Crippen LogP contribution in [0.3, 0.4) is 0 Å². The minimum absolute atomic E-state index is 0.0391. The Bertz CT molecular complexity index is 485. The van der Waals surface area contributed by atoms with Crippen LogP contribution in [0.15, 0.2) is 23.4 Å². The lowest BCUT2D eigenvalue weighted by atomic mass is 10.4. The first-order valence-corrected chi connectivity index (χ1v) is 7.89. The second kappa shape index (κ2) is 5.40. The summed E-state index contributed by atoms with van der Waals surface area (Å²) in [4.78, 5) is 3.88. The van der Waals surface area contributed by atoms with Gasteiger partial charge in [-0.3, -0.25) is 4.21 Å². The van der Waals surface area contributed by atoms with Gasteiger partial charge in [0.15, 0.2) is 9.84 Å². The van der Waals surface area contributed by atoms with Crippen LogP contribution in [0.1, 0.15) is 6.92 Å². The Morgan fingerprint density at radius 1 is 1.50 bits per heavy atom. The van der Waals surface area contributed by atoms with Gasteiger partial charge in [-0.25, -0.2) is 13.4 Å². The maximum atomic E-state index is 11.7. The number of sulfone groups is 1. The third-order valence-electron chi connectivity index (χ3n) is 2.04. The molecule has 0 radical (unpaired) electrons. The van der Waals surface area contributed by atoms with E-state index in [-0.39, 0.29) is 22.3 Å². The van der Waals surface area contributed by atoms with Crippen LogP contribution in [0.25, 0.3) is 0 Å². The second-order valence-electron chi connectivity index (χ2n) is 3.18. The molecule has 90 valence electrons. The molecule has 7 heteroatoms. The third kappa shape index (κ3) is 3.57. The normalized spacial score (nSPS) is 13.6. The smallest absolute Gasteiger partial charge is 0.150 e. The van der Waals surface area contributed by atoms with Crippen LogP contribution >= 0.6 is 0 Å². The van der Waals surface area contributed by atoms with E-state index >= 15 is 0 Å². The molecule has 1 atom stereocenters. The topological polar surface area (TPSA) is 90.1 Å². The van der Waals surface area contributed by atoms with E-state index in [1.807, 2.05) is 0 Å². The fourth-order valence-corrected chi connectivity index (χ4v) is 3.65. The van der Waals surface area contributed by atoms with Crippen molar-refractivity contribution in [1.29, 1.82) is 0 Å². The van der Waals surface area contributed by atoms with Gasteiger partial charge in [0.25, 0.3) is 0 Å². The molecular weight excluding hydrogens is 248 g/mol. The lowest BCUT2D eigenvalue weighted by molar-refractivity contribution is 0.598. The van der Waals surface area contributed by atoms with Crippen LogP contribution in [-0.2, 0) is 20.6 Å². The summed E-state index contributed by atoms with van der Waals surface area (Å²) in [6.07, 6.45) is 1.48. The van der Waals surface area contributed by atoms with E-state index in [1.165, 1.54) is 6.20 Å². The fraction of sp³-hybridized carbons (Fsp3) is 0.444. The molecule has 0 amide bonds. The van der Waals surface area contributed by atoms with Crippen molar-refractivity contribution in [3.63, 3.8) is 0 Å². The molecular formula is C9H14N2O3S2. The van der Waals surface area contributed by atoms with Gasteiger partial charge in [-0.1, -0.05) is 6.92 Å². The van der Waals surface area contributed by atoms with Crippen molar-refractivity contribution in [2.45, 2.75) is 11.9 Å². The predicted molar refractivity (Wildman–Crippen MR) is 64.3 cm³/mol. The zero-order valence-electron chi connectivity index (χ0n) is 8.92. The van der Waals surface area contributed by atoms with Gasteiger partial charge in [-0.15, -0.1) is 0 Å². The summed E-state index contributed by atoms with van der Waals surface area (Å²) < 4.78 is 34.2. The molecule has 0 aliphatic heterocycles. The fourth-order valence-electron chi connectivity index (χ4n) is 1.04. The number of pyridine rings is 1. The minimum Gasteiger partial charge on any atom is -0.396 e. The minimum atomic E-state index is -3.10. The largest absolute Gasteiger partial charge is 0.396 e. The monoisotopic (exact) mass is 262 g/mol. The van der Waals surface area contributed by atoms with Gasteiger partial charge in [0, 0.05) is 17.7 Å².